The van der Waals surface area contributed by atoms with Crippen LogP contribution in [-0.4, -0.2) is 255 Å². The first-order valence-electron chi connectivity index (χ1n) is 42.9. The summed E-state index contributed by atoms with van der Waals surface area (Å²) in [5.41, 5.74) is 2.76. The Hall–Kier alpha value is -9.71. The number of pyridine rings is 4. The van der Waals surface area contributed by atoms with Crippen LogP contribution in [0.15, 0.2) is 128 Å². The van der Waals surface area contributed by atoms with Gasteiger partial charge < -0.3 is 51.6 Å². The normalized spacial score (nSPS) is 18.8. The maximum Gasteiger partial charge on any atom is 0.411 e. The quantitative estimate of drug-likeness (QED) is 0.0225. The molecule has 0 unspecified atom stereocenters. The van der Waals surface area contributed by atoms with E-state index in [1.165, 1.54) is 41.0 Å². The fourth-order valence-corrected chi connectivity index (χ4v) is 15.4. The Bertz CT molecular complexity index is 6500. The number of amides is 6. The average Bonchev–Trinajstić information content (AvgIpc) is 1.61. The largest absolute Gasteiger partial charge is 0.480 e. The standard InChI is InChI=1S/C28H26BrF2N7O3.C17H22BrF2N3O3.C16H14N4O3.C12H14BrF2N3O.C11H17F2NO4.C6H7BrN2.S4.S3.S2.H2S/c1-15-4-7-23(29)34-26(15)35-27(41)22-9-28(31,13-30)14-37(22)24(40)12-38-21-6-5-18(19-10-32-17(3)33-11-19)8-20(21)25(36-38)16(2)39;1-10-5-6-12(18)21-13(10)22-14(24)11-7-17(20,8-19)9-23(11)15(25)26-16(2,3)4;1-9(21)16-13-5-11(12-6-17-10(2)18-7-12)3-4-14(13)20(19-16)8-15(22)23;1-7-2-3-9(13)17-10(7)18-11(19)8-4-12(15,5-14)6-16-8;1-10(2,3)18-9(17)14-6-11(13,5-12)4-7(14)8(15)16;1-4-2-3-5(7)9-6(4)8;1-3-4-2;1-3-2;1-2;/h4-8,10-11,22H,9,12-14H2,1-3H3,(H,34,35,41);5-6,11H,7-9H2,1-4H3,(H,21,22,24);3-7H,8H2,1-2H3,(H,22,23);2-3,8,16H,4-6H2,1H3,(H,17,18,19);7H,4-6H2,1-3H3,(H,15,16);2-3H,1H3,(H2,8,9);;;;1H2/t22-,28-;11-,17-;;8-,12-;7-,11-;;;;;/m00.00...../s1. The lowest BCUT2D eigenvalue weighted by atomic mass is 10.0. The first kappa shape index (κ1) is 127. The van der Waals surface area contributed by atoms with E-state index in [1.54, 1.807) is 162 Å². The first-order chi connectivity index (χ1) is 67.9. The number of aromatic nitrogens is 12. The molecular formula is C90H102Br4F8N20O14S10. The van der Waals surface area contributed by atoms with Gasteiger partial charge in [-0.25, -0.2) is 89.4 Å². The summed E-state index contributed by atoms with van der Waals surface area (Å²) in [5.74, 6) is -2.45. The number of fused-ring (bicyclic) bond motifs is 2. The van der Waals surface area contributed by atoms with Gasteiger partial charge >= 0.3 is 24.1 Å². The van der Waals surface area contributed by atoms with Crippen LogP contribution < -0.4 is 27.0 Å². The minimum Gasteiger partial charge on any atom is -0.480 e. The molecule has 146 heavy (non-hydrogen) atoms. The van der Waals surface area contributed by atoms with E-state index < -0.39 is 178 Å². The monoisotopic (exact) mass is 2470 g/mol. The highest BCUT2D eigenvalue weighted by Gasteiger charge is 2.54. The van der Waals surface area contributed by atoms with Crippen LogP contribution in [0.3, 0.4) is 0 Å². The molecule has 4 fully saturated rings. The highest BCUT2D eigenvalue weighted by atomic mass is 79.9. The summed E-state index contributed by atoms with van der Waals surface area (Å²) in [7, 11) is 3.26. The van der Waals surface area contributed by atoms with Crippen molar-refractivity contribution in [2.75, 3.05) is 74.6 Å². The summed E-state index contributed by atoms with van der Waals surface area (Å²) in [5, 5.41) is 38.1. The number of anilines is 4. The number of carbonyl (C=O) groups excluding carboxylic acids is 8. The summed E-state index contributed by atoms with van der Waals surface area (Å²) in [6, 6.07) is 20.3. The van der Waals surface area contributed by atoms with Crippen LogP contribution in [0.4, 0.5) is 68.0 Å². The number of ether oxygens (including phenoxy) is 2. The Morgan fingerprint density at radius 3 is 1.13 bits per heavy atom. The van der Waals surface area contributed by atoms with Crippen LogP contribution in [0.2, 0.25) is 0 Å². The minimum absolute atomic E-state index is 0. The topological polar surface area (TPSA) is 452 Å². The van der Waals surface area contributed by atoms with E-state index in [0.717, 1.165) is 61.6 Å². The van der Waals surface area contributed by atoms with Crippen molar-refractivity contribution in [3.63, 3.8) is 0 Å². The number of nitrogens with two attached hydrogens (primary N) is 1. The molecule has 4 aliphatic heterocycles. The van der Waals surface area contributed by atoms with Gasteiger partial charge in [0.1, 0.15) is 134 Å². The van der Waals surface area contributed by atoms with Gasteiger partial charge in [-0.05, 0) is 229 Å². The number of rotatable bonds is 19. The van der Waals surface area contributed by atoms with Crippen LogP contribution in [0, 0.1) is 41.5 Å². The van der Waals surface area contributed by atoms with Gasteiger partial charge in [-0.1, -0.05) is 36.4 Å². The molecule has 4 saturated heterocycles. The molecule has 34 nitrogen and oxygen atoms in total. The predicted molar refractivity (Wildman–Crippen MR) is 578 cm³/mol. The van der Waals surface area contributed by atoms with Gasteiger partial charge in [-0.2, -0.15) is 23.7 Å². The number of hydrogen-bond acceptors (Lipinski definition) is 30. The molecule has 4 aliphatic rings. The number of hydrogen-bond donors (Lipinski definition) is 7. The molecule has 0 bridgehead atoms. The molecule has 0 aliphatic carbocycles. The molecule has 8 atom stereocenters. The van der Waals surface area contributed by atoms with Gasteiger partial charge in [0.25, 0.3) is 0 Å². The molecule has 8 aromatic heterocycles. The van der Waals surface area contributed by atoms with Crippen molar-refractivity contribution in [2.45, 2.75) is 194 Å². The molecule has 790 valence electrons. The third kappa shape index (κ3) is 37.5. The number of nitrogens with zero attached hydrogens (tertiary/aromatic N) is 15. The van der Waals surface area contributed by atoms with Crippen LogP contribution in [0.5, 0.6) is 0 Å². The second kappa shape index (κ2) is 57.3. The third-order valence-electron chi connectivity index (χ3n) is 21.2. The van der Waals surface area contributed by atoms with Gasteiger partial charge in [0.2, 0.25) is 23.6 Å². The molecule has 0 saturated carbocycles. The van der Waals surface area contributed by atoms with Crippen LogP contribution in [0.25, 0.3) is 44.1 Å². The minimum atomic E-state index is -2.38. The number of likely N-dealkylation sites (tertiary alicyclic amines) is 3. The van der Waals surface area contributed by atoms with Gasteiger partial charge in [-0.15, -0.1) is 0 Å². The second-order valence-corrected chi connectivity index (χ2v) is 43.5. The molecule has 0 spiro atoms. The molecule has 0 radical (unpaired) electrons. The van der Waals surface area contributed by atoms with Crippen molar-refractivity contribution in [1.82, 2.24) is 79.4 Å². The molecular weight excluding hydrogens is 2380 g/mol. The lowest BCUT2D eigenvalue weighted by Crippen LogP contribution is -2.45. The molecule has 56 heteroatoms. The van der Waals surface area contributed by atoms with Crippen molar-refractivity contribution in [3.05, 3.63) is 173 Å². The van der Waals surface area contributed by atoms with E-state index in [0.29, 0.717) is 70.0 Å². The highest BCUT2D eigenvalue weighted by molar-refractivity contribution is 9.11. The maximum absolute atomic E-state index is 15.2. The molecule has 8 N–H and O–H groups in total. The Labute approximate surface area is 913 Å². The summed E-state index contributed by atoms with van der Waals surface area (Å²) in [4.78, 5) is 158. The highest BCUT2D eigenvalue weighted by Crippen LogP contribution is 2.39. The number of ketones is 2. The van der Waals surface area contributed by atoms with Crippen molar-refractivity contribution in [1.29, 1.82) is 0 Å². The molecule has 10 aromatic rings. The number of alkyl halides is 8. The number of nitrogens with one attached hydrogen (secondary N) is 4. The number of carboxylic acid groups (broad SMARTS) is 2. The van der Waals surface area contributed by atoms with Crippen molar-refractivity contribution < 1.29 is 103 Å². The number of Topliss-reactive ketones (excluding diaryl/α,β-unsaturated/α-hetero) is 2. The zero-order valence-electron chi connectivity index (χ0n) is 80.4. The zero-order valence-corrected chi connectivity index (χ0v) is 95.1. The fourth-order valence-electron chi connectivity index (χ4n) is 14.1. The SMILES string of the molecule is CC(=O)c1nn(CC(=O)N2C[C@@](F)(CF)C[C@H]2C(=O)Nc2nc(Br)ccc2C)c2ccc(-c3cnc(C)nc3)cc12.CC(=O)c1nn(CC(=O)O)c2ccc(-c3cnc(C)nc3)cc12.CC(C)(C)OC(=O)N1C[C@@](F)(CF)C[C@H]1C(=O)O.Cc1ccc(Br)nc1N.Cc1ccc(Br)nc1NC(=O)[C@@H]1C[C@](F)(CF)CN1.Cc1ccc(Br)nc1NC(=O)[C@@H]1C[C@](F)(CF)CN1C(=O)OC(C)(C)C.S.S=S.S=S=S.S=S=S=S. The average molecular weight is 2480 g/mol. The number of halogens is 12. The molecule has 6 amide bonds. The van der Waals surface area contributed by atoms with Gasteiger partial charge in [-0.3, -0.25) is 52.7 Å². The molecule has 2 aromatic carbocycles. The summed E-state index contributed by atoms with van der Waals surface area (Å²) in [6.07, 6.45) is 3.28. The predicted octanol–water partition coefficient (Wildman–Crippen LogP) is 16.0. The molecule has 14 rings (SSSR count). The number of carboxylic acids is 2. The van der Waals surface area contributed by atoms with E-state index in [1.807, 2.05) is 31.2 Å². The number of aryl methyl sites for hydroxylation is 6. The number of benzene rings is 2. The lowest BCUT2D eigenvalue weighted by Gasteiger charge is -2.28. The third-order valence-corrected chi connectivity index (χ3v) is 25.1. The Morgan fingerprint density at radius 2 is 0.808 bits per heavy atom. The van der Waals surface area contributed by atoms with Crippen molar-refractivity contribution >= 4 is 275 Å². The van der Waals surface area contributed by atoms with E-state index >= 15 is 4.39 Å². The van der Waals surface area contributed by atoms with Gasteiger partial charge in [0.05, 0.1) is 36.7 Å². The number of aliphatic carboxylic acids is 2. The van der Waals surface area contributed by atoms with Crippen molar-refractivity contribution in [2.24, 2.45) is 0 Å². The van der Waals surface area contributed by atoms with E-state index in [9.17, 15) is 78.7 Å². The van der Waals surface area contributed by atoms with E-state index in [4.69, 9.17) is 25.4 Å². The first-order valence-corrected chi connectivity index (χ1v) is 54.0. The Morgan fingerprint density at radius 1 is 0.479 bits per heavy atom. The van der Waals surface area contributed by atoms with Crippen LogP contribution in [-0.2, 0) is 145 Å². The number of carbonyl (C=O) groups is 10. The molecule has 12 heterocycles. The maximum atomic E-state index is 15.2. The van der Waals surface area contributed by atoms with E-state index in [2.05, 4.69) is 202 Å². The van der Waals surface area contributed by atoms with Crippen LogP contribution in [0.1, 0.15) is 136 Å². The Balaban J connectivity index is 0.000000316. The smallest absolute Gasteiger partial charge is 0.411 e. The van der Waals surface area contributed by atoms with Crippen LogP contribution >= 0.6 is 77.2 Å². The summed E-state index contributed by atoms with van der Waals surface area (Å²) < 4.78 is 124. The zero-order chi connectivity index (χ0) is 109. The van der Waals surface area contributed by atoms with Gasteiger partial charge in [0.15, 0.2) is 34.2 Å². The van der Waals surface area contributed by atoms with E-state index in [-0.39, 0.29) is 67.6 Å². The summed E-state index contributed by atoms with van der Waals surface area (Å²) >= 11 is 37.1. The Kier molecular flexibility index (Phi) is 49.8. The van der Waals surface area contributed by atoms with Gasteiger partial charge in [0, 0.05) is 187 Å². The fraction of sp³-hybridized carbons (Fsp3) is 0.422. The van der Waals surface area contributed by atoms with Crippen molar-refractivity contribution in [3.8, 4) is 22.3 Å². The second-order valence-electron chi connectivity index (χ2n) is 34.9. The lowest BCUT2D eigenvalue weighted by molar-refractivity contribution is -0.142. The number of nitrogen functional groups attached to an aromatic ring is 1. The summed E-state index contributed by atoms with van der Waals surface area (Å²) in [6.45, 7) is 15.7.